The largest absolute Gasteiger partial charge is 0.337 e. The number of carbonyl (C=O) groups excluding carboxylic acids is 1. The number of rotatable bonds is 3. The normalized spacial score (nSPS) is 19.5. The van der Waals surface area contributed by atoms with Gasteiger partial charge in [0.1, 0.15) is 0 Å². The Morgan fingerprint density at radius 1 is 0.900 bits per heavy atom. The van der Waals surface area contributed by atoms with Crippen molar-refractivity contribution < 1.29 is 4.79 Å². The van der Waals surface area contributed by atoms with Gasteiger partial charge in [0.2, 0.25) is 0 Å². The minimum Gasteiger partial charge on any atom is -0.330 e. The number of aromatic nitrogens is 2. The topological polar surface area (TPSA) is 56.0 Å². The SMILES string of the molecule is O=C(N[C@H]1CCCc2ccccc21)n1c(=O)n(CC2CCCCC2)c2ccccc21. The lowest BCUT2D eigenvalue weighted by Gasteiger charge is -2.26. The Hall–Kier alpha value is -2.82. The lowest BCUT2D eigenvalue weighted by molar-refractivity contribution is 0.236. The number of hydrogen-bond acceptors (Lipinski definition) is 2. The van der Waals surface area contributed by atoms with Crippen molar-refractivity contribution in [2.24, 2.45) is 5.92 Å². The lowest BCUT2D eigenvalue weighted by Crippen LogP contribution is -2.40. The van der Waals surface area contributed by atoms with Crippen LogP contribution in [0.4, 0.5) is 4.79 Å². The summed E-state index contributed by atoms with van der Waals surface area (Å²) in [5.74, 6) is 0.518. The summed E-state index contributed by atoms with van der Waals surface area (Å²) in [6, 6.07) is 15.6. The first-order chi connectivity index (χ1) is 14.7. The van der Waals surface area contributed by atoms with Crippen LogP contribution in [0.3, 0.4) is 0 Å². The van der Waals surface area contributed by atoms with E-state index in [-0.39, 0.29) is 17.8 Å². The summed E-state index contributed by atoms with van der Waals surface area (Å²) in [5.41, 5.74) is 3.80. The average Bonchev–Trinajstić information content (AvgIpc) is 3.06. The highest BCUT2D eigenvalue weighted by atomic mass is 16.2. The predicted octanol–water partition coefficient (Wildman–Crippen LogP) is 5.02. The zero-order valence-electron chi connectivity index (χ0n) is 17.3. The second-order valence-corrected chi connectivity index (χ2v) is 8.81. The fourth-order valence-corrected chi connectivity index (χ4v) is 5.33. The van der Waals surface area contributed by atoms with Gasteiger partial charge in [-0.05, 0) is 61.3 Å². The van der Waals surface area contributed by atoms with E-state index in [4.69, 9.17) is 0 Å². The molecule has 5 nitrogen and oxygen atoms in total. The Labute approximate surface area is 176 Å². The van der Waals surface area contributed by atoms with E-state index in [1.54, 1.807) is 0 Å². The van der Waals surface area contributed by atoms with E-state index in [9.17, 15) is 9.59 Å². The van der Waals surface area contributed by atoms with Crippen molar-refractivity contribution >= 4 is 17.1 Å². The summed E-state index contributed by atoms with van der Waals surface area (Å²) in [6.07, 6.45) is 9.08. The van der Waals surface area contributed by atoms with Crippen LogP contribution < -0.4 is 11.0 Å². The summed E-state index contributed by atoms with van der Waals surface area (Å²) in [4.78, 5) is 26.7. The molecule has 0 radical (unpaired) electrons. The van der Waals surface area contributed by atoms with Crippen molar-refractivity contribution in [3.8, 4) is 0 Å². The molecule has 2 aliphatic rings. The number of nitrogens with one attached hydrogen (secondary N) is 1. The van der Waals surface area contributed by atoms with Gasteiger partial charge >= 0.3 is 11.7 Å². The Morgan fingerprint density at radius 2 is 1.63 bits per heavy atom. The number of aryl methyl sites for hydroxylation is 1. The molecule has 1 saturated carbocycles. The molecule has 0 bridgehead atoms. The van der Waals surface area contributed by atoms with Gasteiger partial charge in [-0.2, -0.15) is 0 Å². The highest BCUT2D eigenvalue weighted by molar-refractivity contribution is 5.89. The number of para-hydroxylation sites is 2. The van der Waals surface area contributed by atoms with Crippen LogP contribution in [0.2, 0.25) is 0 Å². The van der Waals surface area contributed by atoms with Gasteiger partial charge in [0.15, 0.2) is 0 Å². The number of hydrogen-bond donors (Lipinski definition) is 1. The second kappa shape index (κ2) is 8.13. The summed E-state index contributed by atoms with van der Waals surface area (Å²) in [6.45, 7) is 0.700. The molecule has 0 aliphatic heterocycles. The quantitative estimate of drug-likeness (QED) is 0.668. The molecule has 2 aromatic carbocycles. The predicted molar refractivity (Wildman–Crippen MR) is 119 cm³/mol. The highest BCUT2D eigenvalue weighted by Crippen LogP contribution is 2.30. The van der Waals surface area contributed by atoms with Crippen LogP contribution in [0.25, 0.3) is 11.0 Å². The lowest BCUT2D eigenvalue weighted by atomic mass is 9.88. The first-order valence-electron chi connectivity index (χ1n) is 11.3. The van der Waals surface area contributed by atoms with Gasteiger partial charge in [0, 0.05) is 6.54 Å². The van der Waals surface area contributed by atoms with E-state index < -0.39 is 0 Å². The average molecular weight is 404 g/mol. The molecule has 5 rings (SSSR count). The highest BCUT2D eigenvalue weighted by Gasteiger charge is 2.25. The van der Waals surface area contributed by atoms with Crippen molar-refractivity contribution in [2.75, 3.05) is 0 Å². The molecule has 3 aromatic rings. The number of benzene rings is 2. The zero-order chi connectivity index (χ0) is 20.5. The Morgan fingerprint density at radius 3 is 2.47 bits per heavy atom. The van der Waals surface area contributed by atoms with Crippen LogP contribution in [0.5, 0.6) is 0 Å². The van der Waals surface area contributed by atoms with Crippen molar-refractivity contribution in [2.45, 2.75) is 64.0 Å². The number of amides is 1. The van der Waals surface area contributed by atoms with Crippen LogP contribution >= 0.6 is 0 Å². The molecule has 156 valence electrons. The maximum atomic E-state index is 13.4. The Bertz CT molecular complexity index is 1120. The van der Waals surface area contributed by atoms with E-state index >= 15 is 0 Å². The molecule has 1 heterocycles. The van der Waals surface area contributed by atoms with Crippen LogP contribution in [-0.2, 0) is 13.0 Å². The third kappa shape index (κ3) is 3.47. The first kappa shape index (κ1) is 19.2. The summed E-state index contributed by atoms with van der Waals surface area (Å²) < 4.78 is 3.16. The van der Waals surface area contributed by atoms with E-state index in [1.807, 2.05) is 41.0 Å². The summed E-state index contributed by atoms with van der Waals surface area (Å²) >= 11 is 0. The third-order valence-corrected chi connectivity index (χ3v) is 6.87. The standard InChI is InChI=1S/C25H29N3O2/c29-24(26-21-14-8-12-19-11-4-5-13-20(19)21)28-23-16-7-6-15-22(23)27(25(28)30)17-18-9-2-1-3-10-18/h4-7,11,13,15-16,18,21H,1-3,8-10,12,14,17H2,(H,26,29)/t21-/m0/s1. The third-order valence-electron chi connectivity index (χ3n) is 6.87. The first-order valence-corrected chi connectivity index (χ1v) is 11.3. The maximum absolute atomic E-state index is 13.4. The molecule has 2 aliphatic carbocycles. The van der Waals surface area contributed by atoms with Gasteiger partial charge in [-0.3, -0.25) is 4.57 Å². The number of nitrogens with zero attached hydrogens (tertiary/aromatic N) is 2. The van der Waals surface area contributed by atoms with Crippen molar-refractivity contribution in [3.05, 3.63) is 70.1 Å². The summed E-state index contributed by atoms with van der Waals surface area (Å²) in [7, 11) is 0. The van der Waals surface area contributed by atoms with Crippen molar-refractivity contribution in [3.63, 3.8) is 0 Å². The van der Waals surface area contributed by atoms with Crippen molar-refractivity contribution in [1.29, 1.82) is 0 Å². The fraction of sp³-hybridized carbons (Fsp3) is 0.440. The molecular weight excluding hydrogens is 374 g/mol. The second-order valence-electron chi connectivity index (χ2n) is 8.81. The monoisotopic (exact) mass is 403 g/mol. The molecule has 5 heteroatoms. The van der Waals surface area contributed by atoms with Gasteiger partial charge in [0.05, 0.1) is 17.1 Å². The Kier molecular flexibility index (Phi) is 5.19. The number of imidazole rings is 1. The fourth-order valence-electron chi connectivity index (χ4n) is 5.33. The van der Waals surface area contributed by atoms with Crippen LogP contribution in [-0.4, -0.2) is 15.2 Å². The van der Waals surface area contributed by atoms with E-state index in [0.29, 0.717) is 18.0 Å². The minimum atomic E-state index is -0.319. The van der Waals surface area contributed by atoms with Gasteiger partial charge in [-0.25, -0.2) is 14.2 Å². The molecule has 1 amide bonds. The van der Waals surface area contributed by atoms with Crippen LogP contribution in [0.15, 0.2) is 53.3 Å². The van der Waals surface area contributed by atoms with Crippen molar-refractivity contribution in [1.82, 2.24) is 14.5 Å². The minimum absolute atomic E-state index is 0.0465. The molecule has 1 aromatic heterocycles. The van der Waals surface area contributed by atoms with E-state index in [2.05, 4.69) is 17.4 Å². The number of fused-ring (bicyclic) bond motifs is 2. The van der Waals surface area contributed by atoms with Gasteiger partial charge in [-0.1, -0.05) is 55.7 Å². The number of carbonyl (C=O) groups is 1. The molecule has 1 N–H and O–H groups in total. The smallest absolute Gasteiger partial charge is 0.330 e. The molecule has 1 atom stereocenters. The maximum Gasteiger partial charge on any atom is 0.337 e. The van der Waals surface area contributed by atoms with Crippen LogP contribution in [0, 0.1) is 5.92 Å². The van der Waals surface area contributed by atoms with Crippen LogP contribution in [0.1, 0.15) is 62.1 Å². The zero-order valence-corrected chi connectivity index (χ0v) is 17.3. The molecule has 1 fully saturated rings. The van der Waals surface area contributed by atoms with Gasteiger partial charge in [-0.15, -0.1) is 0 Å². The molecule has 0 saturated heterocycles. The molecular formula is C25H29N3O2. The molecule has 0 unspecified atom stereocenters. The summed E-state index contributed by atoms with van der Waals surface area (Å²) in [5, 5.41) is 3.15. The Balaban J connectivity index is 1.48. The van der Waals surface area contributed by atoms with E-state index in [0.717, 1.165) is 37.6 Å². The molecule has 30 heavy (non-hydrogen) atoms. The molecule has 0 spiro atoms. The van der Waals surface area contributed by atoms with E-state index in [1.165, 1.54) is 35.0 Å². The van der Waals surface area contributed by atoms with Gasteiger partial charge in [0.25, 0.3) is 0 Å². The van der Waals surface area contributed by atoms with Gasteiger partial charge < -0.3 is 5.32 Å².